The van der Waals surface area contributed by atoms with E-state index in [0.29, 0.717) is 17.6 Å². The Morgan fingerprint density at radius 2 is 1.07 bits per heavy atom. The topological polar surface area (TPSA) is 56.7 Å². The lowest BCUT2D eigenvalue weighted by Crippen LogP contribution is -2.06. The van der Waals surface area contributed by atoms with E-state index in [9.17, 15) is 0 Å². The van der Waals surface area contributed by atoms with Crippen LogP contribution in [0.5, 0.6) is 0 Å². The van der Waals surface area contributed by atoms with Gasteiger partial charge in [-0.2, -0.15) is 9.97 Å². The molecule has 0 radical (unpaired) electrons. The van der Waals surface area contributed by atoms with Crippen LogP contribution in [0.25, 0.3) is 94.0 Å². The molecule has 0 aliphatic rings. The Morgan fingerprint density at radius 3 is 1.89 bits per heavy atom. The summed E-state index contributed by atoms with van der Waals surface area (Å²) in [6.45, 7) is 0. The third-order valence-corrected chi connectivity index (χ3v) is 9.05. The molecule has 0 N–H and O–H groups in total. The van der Waals surface area contributed by atoms with E-state index in [0.717, 1.165) is 65.6 Å². The summed E-state index contributed by atoms with van der Waals surface area (Å²) in [6, 6.07) is 50.4. The number of furan rings is 1. The molecule has 0 aliphatic heterocycles. The fraction of sp³-hybridized carbons (Fsp3) is 0. The van der Waals surface area contributed by atoms with Gasteiger partial charge < -0.3 is 4.42 Å². The van der Waals surface area contributed by atoms with E-state index < -0.39 is 0 Å². The van der Waals surface area contributed by atoms with Gasteiger partial charge in [-0.25, -0.2) is 4.98 Å². The molecule has 0 spiro atoms. The third-order valence-electron chi connectivity index (χ3n) is 9.05. The highest BCUT2D eigenvalue weighted by molar-refractivity contribution is 6.14. The molecule has 0 atom stereocenters. The number of fused-ring (bicyclic) bond motifs is 9. The quantitative estimate of drug-likeness (QED) is 0.193. The van der Waals surface area contributed by atoms with Gasteiger partial charge in [0.1, 0.15) is 11.2 Å². The Labute approximate surface area is 263 Å². The smallest absolute Gasteiger partial charge is 0.238 e. The summed E-state index contributed by atoms with van der Waals surface area (Å²) >= 11 is 0. The van der Waals surface area contributed by atoms with Crippen molar-refractivity contribution in [2.75, 3.05) is 0 Å². The number of hydrogen-bond acceptors (Lipinski definition) is 4. The molecular weight excluding hydrogens is 564 g/mol. The van der Waals surface area contributed by atoms with Crippen molar-refractivity contribution in [3.63, 3.8) is 0 Å². The normalized spacial score (nSPS) is 11.9. The molecule has 0 saturated carbocycles. The van der Waals surface area contributed by atoms with Crippen LogP contribution in [0, 0.1) is 0 Å². The molecule has 0 unspecified atom stereocenters. The van der Waals surface area contributed by atoms with Gasteiger partial charge >= 0.3 is 0 Å². The van der Waals surface area contributed by atoms with Crippen LogP contribution in [-0.2, 0) is 0 Å². The van der Waals surface area contributed by atoms with E-state index in [1.54, 1.807) is 0 Å². The maximum Gasteiger partial charge on any atom is 0.238 e. The van der Waals surface area contributed by atoms with E-state index in [4.69, 9.17) is 19.4 Å². The Morgan fingerprint density at radius 1 is 0.435 bits per heavy atom. The molecule has 10 rings (SSSR count). The largest absolute Gasteiger partial charge is 0.456 e. The molecule has 0 amide bonds. The average molecular weight is 589 g/mol. The van der Waals surface area contributed by atoms with Crippen LogP contribution in [0.15, 0.2) is 150 Å². The summed E-state index contributed by atoms with van der Waals surface area (Å²) in [6.07, 6.45) is 0. The lowest BCUT2D eigenvalue weighted by molar-refractivity contribution is 0.669. The average Bonchev–Trinajstić information content (AvgIpc) is 3.66. The van der Waals surface area contributed by atoms with E-state index in [1.807, 2.05) is 30.3 Å². The van der Waals surface area contributed by atoms with E-state index >= 15 is 0 Å². The number of hydrogen-bond donors (Lipinski definition) is 0. The van der Waals surface area contributed by atoms with Crippen LogP contribution in [-0.4, -0.2) is 19.5 Å². The van der Waals surface area contributed by atoms with Crippen molar-refractivity contribution < 1.29 is 4.42 Å². The highest BCUT2D eigenvalue weighted by Gasteiger charge is 2.19. The minimum atomic E-state index is 0.576. The molecule has 5 nitrogen and oxygen atoms in total. The second-order valence-corrected chi connectivity index (χ2v) is 11.7. The van der Waals surface area contributed by atoms with Crippen molar-refractivity contribution in [1.82, 2.24) is 19.5 Å². The predicted octanol–water partition coefficient (Wildman–Crippen LogP) is 10.5. The van der Waals surface area contributed by atoms with Gasteiger partial charge in [0.2, 0.25) is 5.95 Å². The van der Waals surface area contributed by atoms with Gasteiger partial charge in [-0.15, -0.1) is 0 Å². The highest BCUT2D eigenvalue weighted by atomic mass is 16.3. The van der Waals surface area contributed by atoms with Gasteiger partial charge in [0.25, 0.3) is 0 Å². The molecule has 0 saturated heterocycles. The van der Waals surface area contributed by atoms with Crippen LogP contribution >= 0.6 is 0 Å². The molecule has 5 heteroatoms. The van der Waals surface area contributed by atoms with Gasteiger partial charge in [0, 0.05) is 38.1 Å². The van der Waals surface area contributed by atoms with Crippen molar-refractivity contribution in [3.8, 4) is 28.7 Å². The predicted molar refractivity (Wildman–Crippen MR) is 187 cm³/mol. The minimum absolute atomic E-state index is 0.576. The zero-order valence-corrected chi connectivity index (χ0v) is 24.6. The highest BCUT2D eigenvalue weighted by Crippen LogP contribution is 2.37. The number of benzene rings is 7. The fourth-order valence-electron chi connectivity index (χ4n) is 6.96. The first-order chi connectivity index (χ1) is 22.8. The van der Waals surface area contributed by atoms with Crippen molar-refractivity contribution >= 4 is 65.3 Å². The molecule has 46 heavy (non-hydrogen) atoms. The maximum absolute atomic E-state index is 6.15. The summed E-state index contributed by atoms with van der Waals surface area (Å²) in [5.41, 5.74) is 5.66. The zero-order valence-electron chi connectivity index (χ0n) is 24.6. The maximum atomic E-state index is 6.15. The van der Waals surface area contributed by atoms with Crippen molar-refractivity contribution in [1.29, 1.82) is 0 Å². The van der Waals surface area contributed by atoms with Crippen LogP contribution < -0.4 is 0 Å². The first kappa shape index (κ1) is 25.0. The van der Waals surface area contributed by atoms with Gasteiger partial charge in [0.05, 0.1) is 11.0 Å². The van der Waals surface area contributed by atoms with Crippen LogP contribution in [0.3, 0.4) is 0 Å². The standard InChI is InChI=1S/C41H24N4O/c1-2-12-28-25(10-1)20-21-26-11-9-16-32(38(26)28)40-42-39(27-22-23-37-33(24-27)31-15-5-8-19-36(31)46-37)43-41(44-40)45-34-17-6-3-13-29(34)30-14-4-7-18-35(30)45/h1-24H. The number of nitrogens with zero attached hydrogens (tertiary/aromatic N) is 4. The Bertz CT molecular complexity index is 2770. The summed E-state index contributed by atoms with van der Waals surface area (Å²) < 4.78 is 8.31. The van der Waals surface area contributed by atoms with E-state index in [1.165, 1.54) is 10.8 Å². The molecular formula is C41H24N4O. The third kappa shape index (κ3) is 3.66. The van der Waals surface area contributed by atoms with Crippen molar-refractivity contribution in [3.05, 3.63) is 146 Å². The molecule has 7 aromatic carbocycles. The number of para-hydroxylation sites is 3. The Kier molecular flexibility index (Phi) is 5.22. The molecule has 0 bridgehead atoms. The molecule has 3 aromatic heterocycles. The minimum Gasteiger partial charge on any atom is -0.456 e. The fourth-order valence-corrected chi connectivity index (χ4v) is 6.96. The van der Waals surface area contributed by atoms with Gasteiger partial charge in [-0.05, 0) is 52.6 Å². The Hall–Kier alpha value is -6.33. The van der Waals surface area contributed by atoms with Crippen LogP contribution in [0.1, 0.15) is 0 Å². The van der Waals surface area contributed by atoms with Crippen molar-refractivity contribution in [2.24, 2.45) is 0 Å². The molecule has 214 valence electrons. The Balaban J connectivity index is 1.31. The molecule has 0 fully saturated rings. The molecule has 3 heterocycles. The van der Waals surface area contributed by atoms with Gasteiger partial charge in [0.15, 0.2) is 11.6 Å². The summed E-state index contributed by atoms with van der Waals surface area (Å²) in [4.78, 5) is 15.7. The first-order valence-corrected chi connectivity index (χ1v) is 15.4. The monoisotopic (exact) mass is 588 g/mol. The zero-order chi connectivity index (χ0) is 30.2. The SMILES string of the molecule is c1ccc2c(c1)ccc1cccc(-c3nc(-c4ccc5oc6ccccc6c5c4)nc(-n4c5ccccc5c5ccccc54)n3)c12. The van der Waals surface area contributed by atoms with E-state index in [-0.39, 0.29) is 0 Å². The molecule has 0 aliphatic carbocycles. The summed E-state index contributed by atoms with van der Waals surface area (Å²) in [5.74, 6) is 1.80. The second kappa shape index (κ2) is 9.58. The van der Waals surface area contributed by atoms with E-state index in [2.05, 4.69) is 120 Å². The summed E-state index contributed by atoms with van der Waals surface area (Å²) in [7, 11) is 0. The lowest BCUT2D eigenvalue weighted by Gasteiger charge is -2.13. The van der Waals surface area contributed by atoms with Crippen LogP contribution in [0.2, 0.25) is 0 Å². The van der Waals surface area contributed by atoms with Crippen LogP contribution in [0.4, 0.5) is 0 Å². The van der Waals surface area contributed by atoms with Crippen molar-refractivity contribution in [2.45, 2.75) is 0 Å². The number of rotatable bonds is 3. The summed E-state index contributed by atoms with van der Waals surface area (Å²) in [5, 5.41) is 9.03. The number of aromatic nitrogens is 4. The van der Waals surface area contributed by atoms with Gasteiger partial charge in [-0.1, -0.05) is 109 Å². The first-order valence-electron chi connectivity index (χ1n) is 15.4. The lowest BCUT2D eigenvalue weighted by atomic mass is 9.97. The molecule has 10 aromatic rings. The van der Waals surface area contributed by atoms with Gasteiger partial charge in [-0.3, -0.25) is 4.57 Å². The second-order valence-electron chi connectivity index (χ2n) is 11.7.